The van der Waals surface area contributed by atoms with Crippen molar-refractivity contribution < 1.29 is 19.1 Å². The first kappa shape index (κ1) is 14.4. The van der Waals surface area contributed by atoms with E-state index in [2.05, 4.69) is 15.9 Å². The fourth-order valence-electron chi connectivity index (χ4n) is 3.51. The number of hydrogen-bond donors (Lipinski definition) is 0. The molecule has 2 unspecified atom stereocenters. The summed E-state index contributed by atoms with van der Waals surface area (Å²) < 4.78 is 5.58. The fraction of sp³-hybridized carbons (Fsp3) is 0.438. The average molecular weight is 351 g/mol. The molecule has 1 aromatic rings. The molecule has 2 aliphatic carbocycles. The molecule has 0 heterocycles. The van der Waals surface area contributed by atoms with Gasteiger partial charge in [-0.25, -0.2) is 0 Å². The highest BCUT2D eigenvalue weighted by Gasteiger charge is 2.51. The molecule has 0 aliphatic heterocycles. The molecular weight excluding hydrogens is 336 g/mol. The van der Waals surface area contributed by atoms with E-state index in [9.17, 15) is 14.4 Å². The van der Waals surface area contributed by atoms with E-state index >= 15 is 0 Å². The first-order valence-electron chi connectivity index (χ1n) is 6.91. The molecule has 1 saturated carbocycles. The molecule has 1 spiro atoms. The Morgan fingerprint density at radius 3 is 2.86 bits per heavy atom. The highest BCUT2D eigenvalue weighted by molar-refractivity contribution is 9.10. The lowest BCUT2D eigenvalue weighted by molar-refractivity contribution is -0.152. The number of esters is 1. The third-order valence-electron chi connectivity index (χ3n) is 4.65. The Bertz CT molecular complexity index is 644. The number of halogens is 1. The van der Waals surface area contributed by atoms with E-state index in [0.29, 0.717) is 18.4 Å². The molecule has 0 N–H and O–H groups in total. The lowest BCUT2D eigenvalue weighted by Gasteiger charge is -2.34. The van der Waals surface area contributed by atoms with E-state index in [-0.39, 0.29) is 24.4 Å². The second kappa shape index (κ2) is 5.05. The number of ether oxygens (including phenoxy) is 1. The second-order valence-corrected chi connectivity index (χ2v) is 6.75. The second-order valence-electron chi connectivity index (χ2n) is 5.83. The van der Waals surface area contributed by atoms with Crippen LogP contribution in [0.4, 0.5) is 0 Å². The molecule has 0 aromatic heterocycles. The van der Waals surface area contributed by atoms with Crippen molar-refractivity contribution in [3.8, 4) is 0 Å². The quantitative estimate of drug-likeness (QED) is 0.577. The standard InChI is InChI=1S/C16H15BrO4/c1-21-15(20)12-8-16(5-4-13(12)18)7-9-2-3-10(17)6-11(9)14(16)19/h2-3,6,12H,4-5,7-8H2,1H3. The molecule has 0 amide bonds. The molecule has 5 heteroatoms. The number of hydrogen-bond acceptors (Lipinski definition) is 4. The van der Waals surface area contributed by atoms with Crippen molar-refractivity contribution in [2.75, 3.05) is 7.11 Å². The van der Waals surface area contributed by atoms with Gasteiger partial charge in [0.15, 0.2) is 5.78 Å². The van der Waals surface area contributed by atoms with Gasteiger partial charge in [0.25, 0.3) is 0 Å². The van der Waals surface area contributed by atoms with Gasteiger partial charge in [-0.15, -0.1) is 0 Å². The van der Waals surface area contributed by atoms with Crippen LogP contribution in [0.15, 0.2) is 22.7 Å². The van der Waals surface area contributed by atoms with Gasteiger partial charge in [0.05, 0.1) is 7.11 Å². The minimum atomic E-state index is -0.801. The maximum Gasteiger partial charge on any atom is 0.316 e. The Morgan fingerprint density at radius 2 is 2.14 bits per heavy atom. The summed E-state index contributed by atoms with van der Waals surface area (Å²) in [4.78, 5) is 36.5. The molecule has 1 aromatic carbocycles. The maximum atomic E-state index is 12.8. The summed E-state index contributed by atoms with van der Waals surface area (Å²) >= 11 is 3.38. The van der Waals surface area contributed by atoms with Crippen molar-refractivity contribution >= 4 is 33.5 Å². The minimum absolute atomic E-state index is 0.0557. The zero-order valence-electron chi connectivity index (χ0n) is 11.6. The smallest absolute Gasteiger partial charge is 0.316 e. The van der Waals surface area contributed by atoms with E-state index in [1.165, 1.54) is 7.11 Å². The first-order chi connectivity index (χ1) is 9.97. The highest BCUT2D eigenvalue weighted by atomic mass is 79.9. The first-order valence-corrected chi connectivity index (χ1v) is 7.70. The van der Waals surface area contributed by atoms with Crippen LogP contribution in [0.1, 0.15) is 35.2 Å². The van der Waals surface area contributed by atoms with Crippen molar-refractivity contribution in [1.29, 1.82) is 0 Å². The summed E-state index contributed by atoms with van der Waals surface area (Å²) in [5.41, 5.74) is 1.10. The number of Topliss-reactive ketones (excluding diaryl/α,β-unsaturated/α-hetero) is 2. The summed E-state index contributed by atoms with van der Waals surface area (Å²) in [6, 6.07) is 5.68. The van der Waals surface area contributed by atoms with Gasteiger partial charge in [0.1, 0.15) is 11.7 Å². The molecule has 4 nitrogen and oxygen atoms in total. The van der Waals surface area contributed by atoms with Crippen LogP contribution < -0.4 is 0 Å². The van der Waals surface area contributed by atoms with Gasteiger partial charge in [0.2, 0.25) is 0 Å². The Kier molecular flexibility index (Phi) is 3.48. The number of methoxy groups -OCH3 is 1. The van der Waals surface area contributed by atoms with Crippen LogP contribution in [0.5, 0.6) is 0 Å². The fourth-order valence-corrected chi connectivity index (χ4v) is 3.87. The summed E-state index contributed by atoms with van der Waals surface area (Å²) in [5, 5.41) is 0. The van der Waals surface area contributed by atoms with E-state index in [0.717, 1.165) is 10.0 Å². The zero-order chi connectivity index (χ0) is 15.2. The third-order valence-corrected chi connectivity index (χ3v) is 5.14. The molecule has 2 atom stereocenters. The molecule has 1 fully saturated rings. The lowest BCUT2D eigenvalue weighted by atomic mass is 9.67. The molecular formula is C16H15BrO4. The van der Waals surface area contributed by atoms with E-state index in [1.807, 2.05) is 18.2 Å². The minimum Gasteiger partial charge on any atom is -0.468 e. The predicted molar refractivity (Wildman–Crippen MR) is 79.0 cm³/mol. The average Bonchev–Trinajstić information content (AvgIpc) is 2.74. The Morgan fingerprint density at radius 1 is 1.38 bits per heavy atom. The van der Waals surface area contributed by atoms with Gasteiger partial charge in [-0.05, 0) is 37.0 Å². The van der Waals surface area contributed by atoms with Crippen LogP contribution in [0, 0.1) is 11.3 Å². The van der Waals surface area contributed by atoms with Crippen LogP contribution in [0.25, 0.3) is 0 Å². The Hall–Kier alpha value is -1.49. The number of rotatable bonds is 1. The summed E-state index contributed by atoms with van der Waals surface area (Å²) in [6.07, 6.45) is 1.66. The SMILES string of the molecule is COC(=O)C1CC2(CCC1=O)Cc1ccc(Br)cc1C2=O. The molecule has 0 radical (unpaired) electrons. The van der Waals surface area contributed by atoms with Crippen molar-refractivity contribution in [3.63, 3.8) is 0 Å². The van der Waals surface area contributed by atoms with E-state index in [1.54, 1.807) is 0 Å². The number of ketones is 2. The molecule has 0 saturated heterocycles. The number of carbonyl (C=O) groups excluding carboxylic acids is 3. The molecule has 21 heavy (non-hydrogen) atoms. The molecule has 3 rings (SSSR count). The molecule has 2 aliphatic rings. The van der Waals surface area contributed by atoms with Crippen LogP contribution in [0.2, 0.25) is 0 Å². The Labute approximate surface area is 131 Å². The molecule has 0 bridgehead atoms. The summed E-state index contributed by atoms with van der Waals surface area (Å²) in [5.74, 6) is -1.38. The van der Waals surface area contributed by atoms with Crippen molar-refractivity contribution in [2.45, 2.75) is 25.7 Å². The van der Waals surface area contributed by atoms with Crippen molar-refractivity contribution in [1.82, 2.24) is 0 Å². The largest absolute Gasteiger partial charge is 0.468 e. The van der Waals surface area contributed by atoms with Crippen LogP contribution >= 0.6 is 15.9 Å². The number of carbonyl (C=O) groups is 3. The third kappa shape index (κ3) is 2.24. The monoisotopic (exact) mass is 350 g/mol. The van der Waals surface area contributed by atoms with Crippen molar-refractivity contribution in [3.05, 3.63) is 33.8 Å². The van der Waals surface area contributed by atoms with E-state index < -0.39 is 17.3 Å². The van der Waals surface area contributed by atoms with Gasteiger partial charge >= 0.3 is 5.97 Å². The van der Waals surface area contributed by atoms with Gasteiger partial charge < -0.3 is 4.74 Å². The predicted octanol–water partition coefficient (Wildman–Crippen LogP) is 2.72. The van der Waals surface area contributed by atoms with E-state index in [4.69, 9.17) is 4.74 Å². The van der Waals surface area contributed by atoms with Gasteiger partial charge in [-0.3, -0.25) is 14.4 Å². The Balaban J connectivity index is 1.95. The highest BCUT2D eigenvalue weighted by Crippen LogP contribution is 2.48. The normalized spacial score (nSPS) is 27.8. The lowest BCUT2D eigenvalue weighted by Crippen LogP contribution is -2.41. The molecule has 110 valence electrons. The zero-order valence-corrected chi connectivity index (χ0v) is 13.2. The maximum absolute atomic E-state index is 12.8. The number of fused-ring (bicyclic) bond motifs is 1. The number of benzene rings is 1. The summed E-state index contributed by atoms with van der Waals surface area (Å²) in [6.45, 7) is 0. The van der Waals surface area contributed by atoms with Gasteiger partial charge in [0, 0.05) is 21.9 Å². The van der Waals surface area contributed by atoms with Crippen LogP contribution in [0.3, 0.4) is 0 Å². The van der Waals surface area contributed by atoms with Gasteiger partial charge in [-0.1, -0.05) is 22.0 Å². The van der Waals surface area contributed by atoms with Crippen LogP contribution in [-0.4, -0.2) is 24.6 Å². The van der Waals surface area contributed by atoms with Crippen LogP contribution in [-0.2, 0) is 20.7 Å². The topological polar surface area (TPSA) is 60.4 Å². The summed E-state index contributed by atoms with van der Waals surface area (Å²) in [7, 11) is 1.28. The van der Waals surface area contributed by atoms with Crippen molar-refractivity contribution in [2.24, 2.45) is 11.3 Å². The van der Waals surface area contributed by atoms with Gasteiger partial charge in [-0.2, -0.15) is 0 Å².